The van der Waals surface area contributed by atoms with E-state index in [1.165, 1.54) is 65.4 Å². The lowest BCUT2D eigenvalue weighted by Gasteiger charge is -2.21. The second kappa shape index (κ2) is 23.5. The number of aromatic nitrogens is 3. The summed E-state index contributed by atoms with van der Waals surface area (Å²) >= 11 is 0. The minimum atomic E-state index is -0.425. The predicted octanol–water partition coefficient (Wildman–Crippen LogP) is 14.9. The van der Waals surface area contributed by atoms with E-state index in [4.69, 9.17) is 29.2 Å². The zero-order valence-electron chi connectivity index (χ0n) is 44.8. The lowest BCUT2D eigenvalue weighted by atomic mass is 10.1. The molecule has 11 nitrogen and oxygen atoms in total. The smallest absolute Gasteiger partial charge is 0.155 e. The molecule has 0 saturated carbocycles. The van der Waals surface area contributed by atoms with Gasteiger partial charge in [0.15, 0.2) is 12.6 Å². The number of para-hydroxylation sites is 4. The molecule has 2 atom stereocenters. The van der Waals surface area contributed by atoms with Crippen molar-refractivity contribution in [1.29, 1.82) is 0 Å². The number of aryl methyl sites for hydroxylation is 3. The number of benzene rings is 8. The van der Waals surface area contributed by atoms with Crippen molar-refractivity contribution in [3.63, 3.8) is 0 Å². The van der Waals surface area contributed by atoms with Crippen LogP contribution in [-0.2, 0) is 51.8 Å². The summed E-state index contributed by atoms with van der Waals surface area (Å²) in [4.78, 5) is 0. The molecule has 77 heavy (non-hydrogen) atoms. The first kappa shape index (κ1) is 51.1. The predicted molar refractivity (Wildman–Crippen MR) is 319 cm³/mol. The van der Waals surface area contributed by atoms with Crippen molar-refractivity contribution >= 4 is 89.2 Å². The highest BCUT2D eigenvalue weighted by atomic mass is 16.7. The number of anilines is 2. The molecular formula is C66H67N7O4. The Balaban J connectivity index is 0.699. The van der Waals surface area contributed by atoms with Crippen LogP contribution in [0.25, 0.3) is 65.4 Å². The van der Waals surface area contributed by atoms with Gasteiger partial charge in [0.05, 0.1) is 63.3 Å². The van der Waals surface area contributed by atoms with E-state index in [2.05, 4.69) is 180 Å². The minimum Gasteiger partial charge on any atom is -0.351 e. The topological polar surface area (TPSA) is 82.9 Å². The van der Waals surface area contributed by atoms with Crippen molar-refractivity contribution < 1.29 is 18.9 Å². The normalized spacial score (nSPS) is 12.9. The van der Waals surface area contributed by atoms with Gasteiger partial charge in [-0.1, -0.05) is 97.1 Å². The molecule has 0 aliphatic rings. The van der Waals surface area contributed by atoms with Gasteiger partial charge in [0, 0.05) is 85.1 Å². The van der Waals surface area contributed by atoms with Gasteiger partial charge in [-0.05, 0) is 142 Å². The third kappa shape index (κ3) is 11.0. The summed E-state index contributed by atoms with van der Waals surface area (Å²) in [5.41, 5.74) is 13.6. The molecular weight excluding hydrogens is 955 g/mol. The molecule has 0 N–H and O–H groups in total. The molecule has 11 aromatic rings. The molecule has 0 bridgehead atoms. The van der Waals surface area contributed by atoms with Crippen LogP contribution in [0, 0.1) is 0 Å². The molecule has 2 unspecified atom stereocenters. The Morgan fingerprint density at radius 3 is 1.14 bits per heavy atom. The van der Waals surface area contributed by atoms with Gasteiger partial charge in [-0.25, -0.2) is 0 Å². The summed E-state index contributed by atoms with van der Waals surface area (Å²) in [6.45, 7) is 16.0. The SMILES string of the molecule is CCn1c2ccccc2c2cc(/C=N/N(CCOC(C)OCc3ccc4c(c3)c3cc(COC(C)OCCN(/N=C/c5ccc6c(c5)c5ccccc5n6CC)c5ccccc5)ccc3n4CC)c3ccccc3)ccc21. The fourth-order valence-corrected chi connectivity index (χ4v) is 10.8. The highest BCUT2D eigenvalue weighted by molar-refractivity contribution is 6.11. The average molecular weight is 1020 g/mol. The molecule has 0 aliphatic heterocycles. The first-order chi connectivity index (χ1) is 37.9. The van der Waals surface area contributed by atoms with Crippen LogP contribution in [0.2, 0.25) is 0 Å². The standard InChI is InChI=1S/C66H67N7O4/c1-6-69-61-25-17-15-23-55(61)57-39-49(27-31-63(57)69)43-67-72(53-19-11-9-12-20-53)35-37-74-47(4)76-45-51-29-33-65-59(41-51)60-42-52(30-34-66(60)71(65)8-3)46-77-48(5)75-38-36-73(54-21-13-10-14-22-54)68-44-50-28-32-64-58(40-50)56-24-16-18-26-62(56)70(64)7-2/h9-34,39-44,47-48H,6-8,35-38,45-46H2,1-5H3/b67-43+,68-44+. The molecule has 0 aliphatic carbocycles. The van der Waals surface area contributed by atoms with E-state index in [9.17, 15) is 0 Å². The van der Waals surface area contributed by atoms with Crippen LogP contribution in [0.4, 0.5) is 11.4 Å². The minimum absolute atomic E-state index is 0.416. The van der Waals surface area contributed by atoms with Crippen LogP contribution >= 0.6 is 0 Å². The van der Waals surface area contributed by atoms with Crippen LogP contribution in [0.3, 0.4) is 0 Å². The maximum Gasteiger partial charge on any atom is 0.155 e. The lowest BCUT2D eigenvalue weighted by Crippen LogP contribution is -2.25. The Hall–Kier alpha value is -8.06. The number of nitrogens with zero attached hydrogens (tertiary/aromatic N) is 7. The largest absolute Gasteiger partial charge is 0.351 e. The van der Waals surface area contributed by atoms with Gasteiger partial charge in [-0.15, -0.1) is 0 Å². The molecule has 0 spiro atoms. The fourth-order valence-electron chi connectivity index (χ4n) is 10.8. The van der Waals surface area contributed by atoms with E-state index in [0.29, 0.717) is 39.5 Å². The Kier molecular flexibility index (Phi) is 15.6. The van der Waals surface area contributed by atoms with Crippen molar-refractivity contribution in [1.82, 2.24) is 13.7 Å². The maximum absolute atomic E-state index is 6.32. The molecule has 0 radical (unpaired) electrons. The zero-order valence-corrected chi connectivity index (χ0v) is 44.8. The summed E-state index contributed by atoms with van der Waals surface area (Å²) in [5, 5.41) is 21.3. The summed E-state index contributed by atoms with van der Waals surface area (Å²) in [6.07, 6.45) is 3.03. The van der Waals surface area contributed by atoms with Crippen molar-refractivity contribution in [3.8, 4) is 0 Å². The third-order valence-corrected chi connectivity index (χ3v) is 14.6. The van der Waals surface area contributed by atoms with E-state index in [1.807, 2.05) is 72.7 Å². The molecule has 11 rings (SSSR count). The van der Waals surface area contributed by atoms with Crippen LogP contribution in [0.5, 0.6) is 0 Å². The van der Waals surface area contributed by atoms with Crippen LogP contribution < -0.4 is 10.0 Å². The van der Waals surface area contributed by atoms with E-state index in [1.54, 1.807) is 0 Å². The molecule has 0 fully saturated rings. The van der Waals surface area contributed by atoms with Gasteiger partial charge in [0.25, 0.3) is 0 Å². The second-order valence-electron chi connectivity index (χ2n) is 19.4. The molecule has 11 heteroatoms. The number of hydrazone groups is 2. The fraction of sp³-hybridized carbons (Fsp3) is 0.242. The van der Waals surface area contributed by atoms with E-state index in [-0.39, 0.29) is 0 Å². The van der Waals surface area contributed by atoms with Gasteiger partial charge < -0.3 is 32.6 Å². The number of rotatable bonds is 23. The van der Waals surface area contributed by atoms with Crippen molar-refractivity contribution in [3.05, 3.63) is 204 Å². The highest BCUT2D eigenvalue weighted by Gasteiger charge is 2.16. The van der Waals surface area contributed by atoms with E-state index in [0.717, 1.165) is 53.3 Å². The highest BCUT2D eigenvalue weighted by Crippen LogP contribution is 2.33. The number of ether oxygens (including phenoxy) is 4. The quantitative estimate of drug-likeness (QED) is 0.0361. The molecule has 8 aromatic carbocycles. The molecule has 3 aromatic heterocycles. The molecule has 0 amide bonds. The van der Waals surface area contributed by atoms with Crippen molar-refractivity contribution in [2.24, 2.45) is 10.2 Å². The van der Waals surface area contributed by atoms with Gasteiger partial charge in [0.2, 0.25) is 0 Å². The van der Waals surface area contributed by atoms with Gasteiger partial charge in [0.1, 0.15) is 0 Å². The van der Waals surface area contributed by atoms with Crippen molar-refractivity contribution in [2.45, 2.75) is 80.0 Å². The van der Waals surface area contributed by atoms with Gasteiger partial charge >= 0.3 is 0 Å². The Morgan fingerprint density at radius 1 is 0.390 bits per heavy atom. The first-order valence-electron chi connectivity index (χ1n) is 27.1. The van der Waals surface area contributed by atoms with E-state index >= 15 is 0 Å². The first-order valence-corrected chi connectivity index (χ1v) is 27.1. The van der Waals surface area contributed by atoms with Crippen molar-refractivity contribution in [2.75, 3.05) is 36.3 Å². The molecule has 390 valence electrons. The summed E-state index contributed by atoms with van der Waals surface area (Å²) in [5.74, 6) is 0. The summed E-state index contributed by atoms with van der Waals surface area (Å²) in [6, 6.07) is 64.1. The molecule has 3 heterocycles. The third-order valence-electron chi connectivity index (χ3n) is 14.6. The van der Waals surface area contributed by atoms with Gasteiger partial charge in [-0.3, -0.25) is 10.0 Å². The maximum atomic E-state index is 6.32. The van der Waals surface area contributed by atoms with E-state index < -0.39 is 12.6 Å². The lowest BCUT2D eigenvalue weighted by molar-refractivity contribution is -0.136. The van der Waals surface area contributed by atoms with Crippen LogP contribution in [-0.4, -0.2) is 65.0 Å². The second-order valence-corrected chi connectivity index (χ2v) is 19.4. The monoisotopic (exact) mass is 1020 g/mol. The van der Waals surface area contributed by atoms with Gasteiger partial charge in [-0.2, -0.15) is 10.2 Å². The summed E-state index contributed by atoms with van der Waals surface area (Å²) < 4.78 is 32.3. The Morgan fingerprint density at radius 2 is 0.740 bits per heavy atom. The zero-order chi connectivity index (χ0) is 52.7. The Labute approximate surface area is 450 Å². The van der Waals surface area contributed by atoms with Crippen LogP contribution in [0.1, 0.15) is 56.9 Å². The number of hydrogen-bond acceptors (Lipinski definition) is 8. The average Bonchev–Trinajstić information content (AvgIpc) is 4.17. The Bertz CT molecular complexity index is 3610. The van der Waals surface area contributed by atoms with Crippen LogP contribution in [0.15, 0.2) is 192 Å². The molecule has 0 saturated heterocycles. The summed E-state index contributed by atoms with van der Waals surface area (Å²) in [7, 11) is 0. The number of fused-ring (bicyclic) bond motifs is 9. The number of hydrogen-bond donors (Lipinski definition) is 0.